The normalized spacial score (nSPS) is 25.2. The smallest absolute Gasteiger partial charge is 0.461 e. The van der Waals surface area contributed by atoms with E-state index in [1.165, 1.54) is 26.0 Å². The highest BCUT2D eigenvalue weighted by Gasteiger charge is 2.58. The summed E-state index contributed by atoms with van der Waals surface area (Å²) in [6.45, 7) is 5.02. The predicted molar refractivity (Wildman–Crippen MR) is 129 cm³/mol. The number of benzene rings is 1. The first-order valence-electron chi connectivity index (χ1n) is 11.4. The molecule has 3 rings (SSSR count). The summed E-state index contributed by atoms with van der Waals surface area (Å²) in [6.07, 6.45) is -6.57. The number of esters is 1. The molecule has 0 radical (unpaired) electrons. The molecular weight excluding hydrogens is 528 g/mol. The number of ether oxygens (including phenoxy) is 2. The number of rotatable bonds is 10. The van der Waals surface area contributed by atoms with Crippen molar-refractivity contribution < 1.29 is 41.9 Å². The third-order valence-electron chi connectivity index (χ3n) is 5.09. The number of alkyl halides is 1. The average Bonchev–Trinajstić information content (AvgIpc) is 3.08. The number of carbonyl (C=O) groups is 1. The Morgan fingerprint density at radius 3 is 2.61 bits per heavy atom. The van der Waals surface area contributed by atoms with Gasteiger partial charge in [-0.3, -0.25) is 18.6 Å². The fourth-order valence-electron chi connectivity index (χ4n) is 3.42. The summed E-state index contributed by atoms with van der Waals surface area (Å²) in [5.41, 5.74) is -4.90. The van der Waals surface area contributed by atoms with Gasteiger partial charge in [0.15, 0.2) is 12.3 Å². The van der Waals surface area contributed by atoms with Crippen molar-refractivity contribution in [3.8, 4) is 17.6 Å². The molecule has 1 saturated heterocycles. The average molecular weight is 555 g/mol. The Kier molecular flexibility index (Phi) is 9.24. The summed E-state index contributed by atoms with van der Waals surface area (Å²) in [4.78, 5) is 41.0. The first-order valence-corrected chi connectivity index (χ1v) is 12.9. The van der Waals surface area contributed by atoms with Gasteiger partial charge in [0.25, 0.3) is 0 Å². The molecule has 6 atom stereocenters. The fourth-order valence-corrected chi connectivity index (χ4v) is 4.76. The van der Waals surface area contributed by atoms with Crippen LogP contribution in [0.3, 0.4) is 0 Å². The second-order valence-corrected chi connectivity index (χ2v) is 9.93. The van der Waals surface area contributed by atoms with Crippen LogP contribution in [0.15, 0.2) is 46.2 Å². The Bertz CT molecular complexity index is 1350. The van der Waals surface area contributed by atoms with E-state index >= 15 is 4.39 Å². The minimum atomic E-state index is -4.62. The predicted octanol–water partition coefficient (Wildman–Crippen LogP) is 1.48. The van der Waals surface area contributed by atoms with Gasteiger partial charge >= 0.3 is 25.2 Å². The highest BCUT2D eigenvalue weighted by Crippen LogP contribution is 2.52. The van der Waals surface area contributed by atoms with E-state index in [0.29, 0.717) is 4.57 Å². The number of carbonyl (C=O) groups excluding carboxylic acids is 1. The molecule has 1 unspecified atom stereocenters. The Balaban J connectivity index is 1.86. The summed E-state index contributed by atoms with van der Waals surface area (Å²) in [5, 5.41) is 10.7. The maximum absolute atomic E-state index is 15.9. The van der Waals surface area contributed by atoms with Crippen LogP contribution in [-0.4, -0.2) is 62.3 Å². The molecule has 0 aliphatic carbocycles. The lowest BCUT2D eigenvalue weighted by Crippen LogP contribution is -2.45. The van der Waals surface area contributed by atoms with Gasteiger partial charge in [-0.1, -0.05) is 24.1 Å². The number of nitrogens with one attached hydrogen (secondary N) is 1. The molecule has 13 nitrogen and oxygen atoms in total. The number of hydrogen-bond donors (Lipinski definition) is 2. The zero-order valence-corrected chi connectivity index (χ0v) is 21.8. The van der Waals surface area contributed by atoms with Crippen molar-refractivity contribution in [2.45, 2.75) is 64.0 Å². The maximum atomic E-state index is 15.9. The van der Waals surface area contributed by atoms with Gasteiger partial charge in [0.1, 0.15) is 24.3 Å². The molecule has 0 saturated carbocycles. The third-order valence-corrected chi connectivity index (χ3v) is 6.57. The number of nitrogens with zero attached hydrogens (tertiary/aromatic N) is 2. The van der Waals surface area contributed by atoms with Crippen LogP contribution in [0.5, 0.6) is 5.75 Å². The molecule has 0 amide bonds. The van der Waals surface area contributed by atoms with E-state index in [4.69, 9.17) is 23.0 Å². The zero-order valence-electron chi connectivity index (χ0n) is 20.9. The Morgan fingerprint density at radius 2 is 2.00 bits per heavy atom. The number of aliphatic hydroxyl groups is 1. The minimum Gasteiger partial charge on any atom is -0.461 e. The minimum absolute atomic E-state index is 0.0635. The van der Waals surface area contributed by atoms with Crippen molar-refractivity contribution in [1.29, 1.82) is 0 Å². The number of H-pyrrole nitrogens is 1. The number of aliphatic hydroxyl groups excluding tert-OH is 1. The SMILES string of the molecule is CC#CC1(F)[C@@H](O)[C@@H](CO[P@](=O)(Oc2ccccc2)O[C@@H](C)C(=O)OC(C)C)O[C@H]1n1cnc(=O)[nH]c1=O. The highest BCUT2D eigenvalue weighted by molar-refractivity contribution is 7.49. The van der Waals surface area contributed by atoms with Crippen LogP contribution in [-0.2, 0) is 27.9 Å². The van der Waals surface area contributed by atoms with E-state index in [2.05, 4.69) is 16.8 Å². The van der Waals surface area contributed by atoms with Crippen molar-refractivity contribution in [3.05, 3.63) is 57.6 Å². The van der Waals surface area contributed by atoms with Gasteiger partial charge in [0, 0.05) is 0 Å². The second-order valence-electron chi connectivity index (χ2n) is 8.38. The second kappa shape index (κ2) is 12.0. The molecule has 0 bridgehead atoms. The lowest BCUT2D eigenvalue weighted by Gasteiger charge is -2.24. The first kappa shape index (κ1) is 29.2. The van der Waals surface area contributed by atoms with E-state index in [1.807, 2.05) is 4.98 Å². The monoisotopic (exact) mass is 555 g/mol. The molecule has 1 aromatic carbocycles. The van der Waals surface area contributed by atoms with Crippen LogP contribution in [0.4, 0.5) is 4.39 Å². The number of phosphoric acid groups is 1. The van der Waals surface area contributed by atoms with E-state index < -0.39 is 68.1 Å². The van der Waals surface area contributed by atoms with Crippen LogP contribution in [0, 0.1) is 11.8 Å². The van der Waals surface area contributed by atoms with Crippen LogP contribution >= 0.6 is 7.82 Å². The summed E-state index contributed by atoms with van der Waals surface area (Å²) >= 11 is 0. The molecule has 2 aromatic rings. The fraction of sp³-hybridized carbons (Fsp3) is 0.478. The number of hydrogen-bond acceptors (Lipinski definition) is 11. The number of halogens is 1. The molecule has 2 heterocycles. The van der Waals surface area contributed by atoms with Gasteiger partial charge in [-0.2, -0.15) is 4.98 Å². The van der Waals surface area contributed by atoms with E-state index in [0.717, 1.165) is 6.33 Å². The van der Waals surface area contributed by atoms with Crippen LogP contribution < -0.4 is 15.9 Å². The van der Waals surface area contributed by atoms with Gasteiger partial charge in [-0.25, -0.2) is 23.3 Å². The van der Waals surface area contributed by atoms with E-state index in [9.17, 15) is 24.1 Å². The van der Waals surface area contributed by atoms with Gasteiger partial charge in [0.2, 0.25) is 5.67 Å². The largest absolute Gasteiger partial charge is 0.530 e. The third kappa shape index (κ3) is 6.75. The number of aromatic amines is 1. The van der Waals surface area contributed by atoms with Crippen molar-refractivity contribution in [2.24, 2.45) is 0 Å². The summed E-state index contributed by atoms with van der Waals surface area (Å²) < 4.78 is 56.7. The van der Waals surface area contributed by atoms with Crippen molar-refractivity contribution in [2.75, 3.05) is 6.61 Å². The van der Waals surface area contributed by atoms with Crippen LogP contribution in [0.2, 0.25) is 0 Å². The lowest BCUT2D eigenvalue weighted by atomic mass is 9.96. The summed E-state index contributed by atoms with van der Waals surface area (Å²) in [7, 11) is -4.62. The Labute approximate surface area is 216 Å². The highest BCUT2D eigenvalue weighted by atomic mass is 31.2. The quantitative estimate of drug-likeness (QED) is 0.247. The van der Waals surface area contributed by atoms with Crippen molar-refractivity contribution in [1.82, 2.24) is 14.5 Å². The molecular formula is C23H27FN3O10P. The van der Waals surface area contributed by atoms with Gasteiger partial charge in [0.05, 0.1) is 12.7 Å². The summed E-state index contributed by atoms with van der Waals surface area (Å²) in [5.74, 6) is 3.72. The van der Waals surface area contributed by atoms with Gasteiger partial charge < -0.3 is 19.1 Å². The van der Waals surface area contributed by atoms with Gasteiger partial charge in [-0.05, 0) is 39.8 Å². The molecule has 15 heteroatoms. The van der Waals surface area contributed by atoms with Crippen LogP contribution in [0.1, 0.15) is 33.9 Å². The van der Waals surface area contributed by atoms with E-state index in [-0.39, 0.29) is 5.75 Å². The Hall–Kier alpha value is -3.34. The standard InChI is InChI=1S/C23H27FN3O10P/c1-5-11-23(24)18(28)17(35-20(23)27-13-25-21(30)26-22(27)31)12-33-38(32,37-16-9-7-6-8-10-16)36-15(4)19(29)34-14(2)3/h6-10,13-15,17-18,20,28H,12H2,1-4H3,(H,26,30,31)/t15-,17+,18-,20+,23?,38-/m0/s1. The number of para-hydroxylation sites is 1. The van der Waals surface area contributed by atoms with Crippen molar-refractivity contribution in [3.63, 3.8) is 0 Å². The molecule has 38 heavy (non-hydrogen) atoms. The molecule has 1 aliphatic heterocycles. The number of aromatic nitrogens is 3. The van der Waals surface area contributed by atoms with E-state index in [1.54, 1.807) is 32.0 Å². The molecule has 2 N–H and O–H groups in total. The summed E-state index contributed by atoms with van der Waals surface area (Å²) in [6, 6.07) is 7.75. The Morgan fingerprint density at radius 1 is 1.32 bits per heavy atom. The maximum Gasteiger partial charge on any atom is 0.530 e. The topological polar surface area (TPSA) is 168 Å². The first-order chi connectivity index (χ1) is 17.9. The lowest BCUT2D eigenvalue weighted by molar-refractivity contribution is -0.156. The zero-order chi connectivity index (χ0) is 28.1. The molecule has 0 spiro atoms. The number of phosphoric ester groups is 1. The van der Waals surface area contributed by atoms with Crippen LogP contribution in [0.25, 0.3) is 0 Å². The molecule has 206 valence electrons. The van der Waals surface area contributed by atoms with Crippen molar-refractivity contribution >= 4 is 13.8 Å². The molecule has 1 aromatic heterocycles. The van der Waals surface area contributed by atoms with Gasteiger partial charge in [-0.15, -0.1) is 5.92 Å². The molecule has 1 aliphatic rings. The molecule has 1 fully saturated rings.